The Kier molecular flexibility index (Phi) is 4.44. The number of methoxy groups -OCH3 is 1. The number of aryl methyl sites for hydroxylation is 2. The number of hydrogen-bond acceptors (Lipinski definition) is 7. The molecule has 1 aromatic carbocycles. The number of rotatable bonds is 5. The van der Waals surface area contributed by atoms with Crippen molar-refractivity contribution in [3.05, 3.63) is 53.6 Å². The van der Waals surface area contributed by atoms with Crippen LogP contribution in [0.25, 0.3) is 17.2 Å². The van der Waals surface area contributed by atoms with Gasteiger partial charge >= 0.3 is 0 Å². The lowest BCUT2D eigenvalue weighted by atomic mass is 10.2. The lowest BCUT2D eigenvalue weighted by Gasteiger charge is -2.04. The standard InChI is InChI=1S/C18H19N7OS/c1-11-8-12(2)24-9-14(21-17(24)20-11)10-27-18-23-22-16(25(18)19)13-4-6-15(26-3)7-5-13/h4-9H,10,19H2,1-3H3. The van der Waals surface area contributed by atoms with Gasteiger partial charge in [-0.15, -0.1) is 10.2 Å². The van der Waals surface area contributed by atoms with Gasteiger partial charge in [0, 0.05) is 28.9 Å². The molecule has 4 rings (SSSR count). The Hall–Kier alpha value is -3.07. The predicted molar refractivity (Wildman–Crippen MR) is 104 cm³/mol. The quantitative estimate of drug-likeness (QED) is 0.419. The molecule has 0 aliphatic heterocycles. The number of ether oxygens (including phenoxy) is 1. The van der Waals surface area contributed by atoms with Crippen LogP contribution in [0.3, 0.4) is 0 Å². The predicted octanol–water partition coefficient (Wildman–Crippen LogP) is 2.62. The maximum Gasteiger partial charge on any atom is 0.234 e. The van der Waals surface area contributed by atoms with Gasteiger partial charge in [0.15, 0.2) is 5.82 Å². The van der Waals surface area contributed by atoms with E-state index in [9.17, 15) is 0 Å². The Morgan fingerprint density at radius 2 is 1.89 bits per heavy atom. The third-order valence-corrected chi connectivity index (χ3v) is 5.15. The normalized spacial score (nSPS) is 11.2. The molecule has 3 aromatic heterocycles. The topological polar surface area (TPSA) is 96.1 Å². The molecular weight excluding hydrogens is 362 g/mol. The molecule has 2 N–H and O–H groups in total. The fourth-order valence-electron chi connectivity index (χ4n) is 2.84. The molecule has 0 saturated heterocycles. The summed E-state index contributed by atoms with van der Waals surface area (Å²) < 4.78 is 8.66. The van der Waals surface area contributed by atoms with Crippen LogP contribution in [-0.2, 0) is 5.75 Å². The molecule has 27 heavy (non-hydrogen) atoms. The van der Waals surface area contributed by atoms with Crippen molar-refractivity contribution in [3.8, 4) is 17.1 Å². The summed E-state index contributed by atoms with van der Waals surface area (Å²) in [6, 6.07) is 9.57. The van der Waals surface area contributed by atoms with Gasteiger partial charge in [-0.1, -0.05) is 11.8 Å². The first-order valence-electron chi connectivity index (χ1n) is 8.35. The summed E-state index contributed by atoms with van der Waals surface area (Å²) in [6.07, 6.45) is 1.99. The molecule has 0 fully saturated rings. The van der Waals surface area contributed by atoms with Crippen molar-refractivity contribution in [1.82, 2.24) is 29.2 Å². The summed E-state index contributed by atoms with van der Waals surface area (Å²) in [5.74, 6) is 8.90. The van der Waals surface area contributed by atoms with Crippen molar-refractivity contribution in [3.63, 3.8) is 0 Å². The van der Waals surface area contributed by atoms with Gasteiger partial charge in [-0.3, -0.25) is 4.40 Å². The molecule has 4 aromatic rings. The highest BCUT2D eigenvalue weighted by Crippen LogP contribution is 2.25. The highest BCUT2D eigenvalue weighted by atomic mass is 32.2. The summed E-state index contributed by atoms with van der Waals surface area (Å²) >= 11 is 1.48. The zero-order valence-corrected chi connectivity index (χ0v) is 16.1. The van der Waals surface area contributed by atoms with Gasteiger partial charge < -0.3 is 10.6 Å². The van der Waals surface area contributed by atoms with Crippen LogP contribution in [0.2, 0.25) is 0 Å². The van der Waals surface area contributed by atoms with Gasteiger partial charge in [0.1, 0.15) is 5.75 Å². The summed E-state index contributed by atoms with van der Waals surface area (Å²) in [7, 11) is 1.63. The lowest BCUT2D eigenvalue weighted by Crippen LogP contribution is -2.11. The summed E-state index contributed by atoms with van der Waals surface area (Å²) in [5, 5.41) is 9.04. The summed E-state index contributed by atoms with van der Waals surface area (Å²) in [4.78, 5) is 9.04. The number of benzene rings is 1. The van der Waals surface area contributed by atoms with Crippen molar-refractivity contribution in [2.45, 2.75) is 24.8 Å². The molecule has 0 saturated carbocycles. The number of hydrogen-bond donors (Lipinski definition) is 1. The zero-order chi connectivity index (χ0) is 19.0. The largest absolute Gasteiger partial charge is 0.497 e. The Balaban J connectivity index is 1.53. The van der Waals surface area contributed by atoms with E-state index in [1.165, 1.54) is 16.4 Å². The van der Waals surface area contributed by atoms with E-state index in [-0.39, 0.29) is 0 Å². The molecule has 3 heterocycles. The van der Waals surface area contributed by atoms with E-state index in [1.54, 1.807) is 7.11 Å². The second-order valence-electron chi connectivity index (χ2n) is 6.13. The maximum absolute atomic E-state index is 6.19. The number of nitrogens with two attached hydrogens (primary N) is 1. The Labute approximate surface area is 160 Å². The van der Waals surface area contributed by atoms with Crippen LogP contribution in [-0.4, -0.2) is 36.4 Å². The third-order valence-electron chi connectivity index (χ3n) is 4.17. The van der Waals surface area contributed by atoms with Crippen LogP contribution in [0.1, 0.15) is 17.1 Å². The fraction of sp³-hybridized carbons (Fsp3) is 0.222. The van der Waals surface area contributed by atoms with Gasteiger partial charge in [-0.25, -0.2) is 14.6 Å². The molecule has 0 atom stereocenters. The molecule has 0 amide bonds. The minimum Gasteiger partial charge on any atom is -0.497 e. The zero-order valence-electron chi connectivity index (χ0n) is 15.2. The fourth-order valence-corrected chi connectivity index (χ4v) is 3.58. The van der Waals surface area contributed by atoms with Gasteiger partial charge in [-0.05, 0) is 44.2 Å². The van der Waals surface area contributed by atoms with Crippen molar-refractivity contribution in [1.29, 1.82) is 0 Å². The van der Waals surface area contributed by atoms with Crippen molar-refractivity contribution >= 4 is 17.5 Å². The molecule has 0 spiro atoms. The average molecular weight is 381 g/mol. The van der Waals surface area contributed by atoms with Crippen molar-refractivity contribution in [2.24, 2.45) is 0 Å². The lowest BCUT2D eigenvalue weighted by molar-refractivity contribution is 0.415. The van der Waals surface area contributed by atoms with Crippen LogP contribution in [0.5, 0.6) is 5.75 Å². The first-order valence-corrected chi connectivity index (χ1v) is 9.33. The summed E-state index contributed by atoms with van der Waals surface area (Å²) in [6.45, 7) is 4.01. The van der Waals surface area contributed by atoms with E-state index < -0.39 is 0 Å². The maximum atomic E-state index is 6.19. The van der Waals surface area contributed by atoms with Gasteiger partial charge in [-0.2, -0.15) is 0 Å². The van der Waals surface area contributed by atoms with E-state index in [0.29, 0.717) is 22.5 Å². The van der Waals surface area contributed by atoms with Crippen LogP contribution < -0.4 is 10.6 Å². The monoisotopic (exact) mass is 381 g/mol. The van der Waals surface area contributed by atoms with Gasteiger partial charge in [0.05, 0.1) is 12.8 Å². The minimum absolute atomic E-state index is 0.600. The number of nitrogen functional groups attached to an aromatic ring is 1. The number of aromatic nitrogens is 6. The summed E-state index contributed by atoms with van der Waals surface area (Å²) in [5.41, 5.74) is 3.84. The molecule has 0 aliphatic rings. The third kappa shape index (κ3) is 3.33. The highest BCUT2D eigenvalue weighted by Gasteiger charge is 2.14. The Morgan fingerprint density at radius 1 is 1.11 bits per heavy atom. The number of fused-ring (bicyclic) bond motifs is 1. The second-order valence-corrected chi connectivity index (χ2v) is 7.08. The van der Waals surface area contributed by atoms with Crippen LogP contribution >= 0.6 is 11.8 Å². The van der Waals surface area contributed by atoms with E-state index in [2.05, 4.69) is 20.2 Å². The van der Waals surface area contributed by atoms with Gasteiger partial charge in [0.25, 0.3) is 0 Å². The van der Waals surface area contributed by atoms with Crippen molar-refractivity contribution in [2.75, 3.05) is 13.0 Å². The smallest absolute Gasteiger partial charge is 0.234 e. The molecule has 138 valence electrons. The minimum atomic E-state index is 0.600. The van der Waals surface area contributed by atoms with Crippen molar-refractivity contribution < 1.29 is 4.74 Å². The van der Waals surface area contributed by atoms with E-state index >= 15 is 0 Å². The highest BCUT2D eigenvalue weighted by molar-refractivity contribution is 7.98. The van der Waals surface area contributed by atoms with Crippen LogP contribution in [0, 0.1) is 13.8 Å². The first kappa shape index (κ1) is 17.3. The Bertz CT molecular complexity index is 1100. The van der Waals surface area contributed by atoms with Crippen LogP contribution in [0.15, 0.2) is 41.7 Å². The molecule has 8 nitrogen and oxygen atoms in total. The molecular formula is C18H19N7OS. The average Bonchev–Trinajstić information content (AvgIpc) is 3.23. The van der Waals surface area contributed by atoms with Crippen LogP contribution in [0.4, 0.5) is 0 Å². The SMILES string of the molecule is COc1ccc(-c2nnc(SCc3cn4c(C)cc(C)nc4n3)n2N)cc1. The Morgan fingerprint density at radius 3 is 2.63 bits per heavy atom. The number of imidazole rings is 1. The molecule has 0 bridgehead atoms. The number of nitrogens with zero attached hydrogens (tertiary/aromatic N) is 6. The molecule has 0 radical (unpaired) electrons. The second kappa shape index (κ2) is 6.92. The van der Waals surface area contributed by atoms with E-state index in [4.69, 9.17) is 10.6 Å². The van der Waals surface area contributed by atoms with Gasteiger partial charge in [0.2, 0.25) is 10.9 Å². The first-order chi connectivity index (χ1) is 13.0. The number of thioether (sulfide) groups is 1. The molecule has 9 heteroatoms. The van der Waals surface area contributed by atoms with E-state index in [1.807, 2.05) is 54.8 Å². The molecule has 0 unspecified atom stereocenters. The molecule has 0 aliphatic carbocycles. The van der Waals surface area contributed by atoms with E-state index in [0.717, 1.165) is 28.4 Å².